The van der Waals surface area contributed by atoms with Crippen LogP contribution < -0.4 is 21.6 Å². The molecule has 4 rings (SSSR count). The van der Waals surface area contributed by atoms with Gasteiger partial charge in [0.05, 0.1) is 10.5 Å². The molecule has 27 heavy (non-hydrogen) atoms. The third-order valence-electron chi connectivity index (χ3n) is 4.17. The van der Waals surface area contributed by atoms with Gasteiger partial charge in [-0.25, -0.2) is 0 Å². The highest BCUT2D eigenvalue weighted by molar-refractivity contribution is 7.86. The molecule has 1 aliphatic carbocycles. The minimum atomic E-state index is -4.52. The molecule has 0 radical (unpaired) electrons. The van der Waals surface area contributed by atoms with E-state index < -0.39 is 43.5 Å². The smallest absolute Gasteiger partial charge is 0.190 e. The first kappa shape index (κ1) is 18.5. The summed E-state index contributed by atoms with van der Waals surface area (Å²) >= 11 is -1.34. The zero-order valence-electron chi connectivity index (χ0n) is 13.5. The highest BCUT2D eigenvalue weighted by atomic mass is 127. The van der Waals surface area contributed by atoms with Crippen LogP contribution in [0.3, 0.4) is 0 Å². The van der Waals surface area contributed by atoms with Crippen molar-refractivity contribution in [2.75, 3.05) is 0 Å². The molecule has 8 heteroatoms. The van der Waals surface area contributed by atoms with E-state index in [4.69, 9.17) is 2.51 Å². The third-order valence-corrected chi connectivity index (χ3v) is 8.58. The summed E-state index contributed by atoms with van der Waals surface area (Å²) < 4.78 is 68.6. The Morgan fingerprint density at radius 3 is 2.07 bits per heavy atom. The molecule has 0 aliphatic heterocycles. The summed E-state index contributed by atoms with van der Waals surface area (Å²) in [6, 6.07) is 16.8. The molecule has 0 bridgehead atoms. The first-order valence-electron chi connectivity index (χ1n) is 7.76. The number of hydrogen-bond donors (Lipinski definition) is 0. The Bertz CT molecular complexity index is 1120. The van der Waals surface area contributed by atoms with Gasteiger partial charge in [0, 0.05) is 5.56 Å². The van der Waals surface area contributed by atoms with Gasteiger partial charge in [-0.05, 0) is 49.5 Å². The first-order chi connectivity index (χ1) is 12.8. The average molecular weight is 503 g/mol. The zero-order chi connectivity index (χ0) is 19.2. The van der Waals surface area contributed by atoms with E-state index >= 15 is 0 Å². The highest BCUT2D eigenvalue weighted by Gasteiger charge is 2.36. The maximum Gasteiger partial charge on any atom is 0.541 e. The number of rotatable bonds is 4. The van der Waals surface area contributed by atoms with E-state index in [1.165, 1.54) is 0 Å². The molecule has 0 unspecified atom stereocenters. The van der Waals surface area contributed by atoms with Crippen LogP contribution in [-0.2, 0) is 18.8 Å². The zero-order valence-corrected chi connectivity index (χ0v) is 16.5. The van der Waals surface area contributed by atoms with Gasteiger partial charge in [0.25, 0.3) is 0 Å². The Hall–Kier alpha value is -1.91. The van der Waals surface area contributed by atoms with E-state index in [-0.39, 0.29) is 4.90 Å². The van der Waals surface area contributed by atoms with Gasteiger partial charge in [-0.1, -0.05) is 36.4 Å². The molecule has 1 aliphatic rings. The molecule has 0 fully saturated rings. The molecule has 0 amide bonds. The molecule has 0 heterocycles. The van der Waals surface area contributed by atoms with Crippen molar-refractivity contribution in [1.82, 2.24) is 0 Å². The summed E-state index contributed by atoms with van der Waals surface area (Å²) in [6.45, 7) is 0. The summed E-state index contributed by atoms with van der Waals surface area (Å²) in [5.74, 6) is 0. The van der Waals surface area contributed by atoms with Crippen molar-refractivity contribution >= 4 is 10.1 Å². The second-order valence-corrected chi connectivity index (χ2v) is 10.0. The van der Waals surface area contributed by atoms with E-state index in [0.717, 1.165) is 50.1 Å². The molecule has 3 nitrogen and oxygen atoms in total. The lowest BCUT2D eigenvalue weighted by atomic mass is 9.81. The maximum absolute atomic E-state index is 12.6. The van der Waals surface area contributed by atoms with E-state index in [0.29, 0.717) is 0 Å². The van der Waals surface area contributed by atoms with Crippen LogP contribution in [0.4, 0.5) is 13.2 Å². The van der Waals surface area contributed by atoms with Gasteiger partial charge >= 0.3 is 37.9 Å². The Labute approximate surface area is 164 Å². The van der Waals surface area contributed by atoms with Gasteiger partial charge in [-0.2, -0.15) is 21.6 Å². The molecule has 0 saturated carbocycles. The van der Waals surface area contributed by atoms with E-state index in [9.17, 15) is 21.6 Å². The summed E-state index contributed by atoms with van der Waals surface area (Å²) in [7, 11) is -4.12. The Morgan fingerprint density at radius 1 is 0.778 bits per heavy atom. The normalized spacial score (nSPS) is 12.9. The predicted octanol–water partition coefficient (Wildman–Crippen LogP) is 1.93. The largest absolute Gasteiger partial charge is 0.541 e. The monoisotopic (exact) mass is 503 g/mol. The van der Waals surface area contributed by atoms with Crippen LogP contribution in [0.5, 0.6) is 0 Å². The maximum atomic E-state index is 12.6. The SMILES string of the molecule is O=S(=O)(O[I+]c1cccc2c1-c1ccccc1-2)c1ccc(C(F)(F)F)cc1. The van der Waals surface area contributed by atoms with Crippen molar-refractivity contribution < 1.29 is 45.7 Å². The highest BCUT2D eigenvalue weighted by Crippen LogP contribution is 2.46. The standard InChI is InChI=1S/C19H11F3IO3S/c20-19(21,22)12-8-10-13(11-9-12)27(24,25)26-23-17-7-3-6-16-14-4-1-2-5-15(14)18(16)17/h1-11H/q+1. The molecule has 0 spiro atoms. The summed E-state index contributed by atoms with van der Waals surface area (Å²) in [4.78, 5) is -0.287. The van der Waals surface area contributed by atoms with Gasteiger partial charge in [-0.15, -0.1) is 0 Å². The summed E-state index contributed by atoms with van der Waals surface area (Å²) in [5.41, 5.74) is 3.31. The average Bonchev–Trinajstić information content (AvgIpc) is 2.63. The van der Waals surface area contributed by atoms with Crippen LogP contribution in [0.15, 0.2) is 71.6 Å². The molecule has 0 aromatic heterocycles. The van der Waals surface area contributed by atoms with Crippen molar-refractivity contribution in [1.29, 1.82) is 0 Å². The van der Waals surface area contributed by atoms with Gasteiger partial charge in [0.15, 0.2) is 0 Å². The lowest BCUT2D eigenvalue weighted by Gasteiger charge is -2.22. The van der Waals surface area contributed by atoms with E-state index in [1.54, 1.807) is 0 Å². The molecular weight excluding hydrogens is 492 g/mol. The second-order valence-electron chi connectivity index (χ2n) is 5.82. The number of halogens is 4. The fourth-order valence-electron chi connectivity index (χ4n) is 2.88. The molecular formula is C19H11F3IO3S+. The van der Waals surface area contributed by atoms with Gasteiger partial charge in [-0.3, -0.25) is 0 Å². The van der Waals surface area contributed by atoms with Gasteiger partial charge < -0.3 is 0 Å². The quantitative estimate of drug-likeness (QED) is 0.400. The first-order valence-corrected chi connectivity index (χ1v) is 11.1. The number of fused-ring (bicyclic) bond motifs is 4. The second kappa shape index (κ2) is 6.61. The molecule has 0 atom stereocenters. The molecule has 3 aromatic carbocycles. The van der Waals surface area contributed by atoms with Crippen LogP contribution in [0.1, 0.15) is 5.56 Å². The number of benzene rings is 3. The van der Waals surface area contributed by atoms with Crippen LogP contribution in [-0.4, -0.2) is 8.42 Å². The van der Waals surface area contributed by atoms with Crippen molar-refractivity contribution in [3.8, 4) is 22.3 Å². The molecule has 0 N–H and O–H groups in total. The summed E-state index contributed by atoms with van der Waals surface area (Å²) in [6.07, 6.45) is -4.52. The van der Waals surface area contributed by atoms with Crippen molar-refractivity contribution in [3.05, 3.63) is 75.9 Å². The van der Waals surface area contributed by atoms with Crippen LogP contribution in [0.2, 0.25) is 0 Å². The van der Waals surface area contributed by atoms with Crippen LogP contribution in [0, 0.1) is 3.57 Å². The topological polar surface area (TPSA) is 43.4 Å². The van der Waals surface area contributed by atoms with Crippen molar-refractivity contribution in [2.45, 2.75) is 11.1 Å². The Balaban J connectivity index is 1.55. The minimum absolute atomic E-state index is 0.287. The van der Waals surface area contributed by atoms with Crippen molar-refractivity contribution in [2.24, 2.45) is 0 Å². The Kier molecular flexibility index (Phi) is 4.52. The summed E-state index contributed by atoms with van der Waals surface area (Å²) in [5, 5.41) is 0. The predicted molar refractivity (Wildman–Crippen MR) is 89.3 cm³/mol. The third kappa shape index (κ3) is 3.37. The number of hydrogen-bond acceptors (Lipinski definition) is 3. The fourth-order valence-corrected chi connectivity index (χ4v) is 6.65. The van der Waals surface area contributed by atoms with E-state index in [2.05, 4.69) is 0 Å². The van der Waals surface area contributed by atoms with Crippen molar-refractivity contribution in [3.63, 3.8) is 0 Å². The lowest BCUT2D eigenvalue weighted by Crippen LogP contribution is -3.62. The lowest BCUT2D eigenvalue weighted by molar-refractivity contribution is -0.836. The molecule has 138 valence electrons. The van der Waals surface area contributed by atoms with Gasteiger partial charge in [0.2, 0.25) is 3.57 Å². The Morgan fingerprint density at radius 2 is 1.41 bits per heavy atom. The van der Waals surface area contributed by atoms with Crippen LogP contribution >= 0.6 is 0 Å². The molecule has 0 saturated heterocycles. The van der Waals surface area contributed by atoms with E-state index in [1.807, 2.05) is 42.5 Å². The van der Waals surface area contributed by atoms with Gasteiger partial charge in [0.1, 0.15) is 0 Å². The number of alkyl halides is 3. The van der Waals surface area contributed by atoms with Crippen LogP contribution in [0.25, 0.3) is 22.3 Å². The fraction of sp³-hybridized carbons (Fsp3) is 0.0526. The molecule has 3 aromatic rings. The minimum Gasteiger partial charge on any atom is -0.190 e.